The van der Waals surface area contributed by atoms with E-state index < -0.39 is 0 Å². The molecule has 5 rings (SSSR count). The number of piperazine rings is 1. The lowest BCUT2D eigenvalue weighted by Gasteiger charge is -2.44. The fourth-order valence-electron chi connectivity index (χ4n) is 5.26. The fourth-order valence-corrected chi connectivity index (χ4v) is 5.69. The van der Waals surface area contributed by atoms with Crippen molar-refractivity contribution in [3.05, 3.63) is 51.4 Å². The van der Waals surface area contributed by atoms with Crippen LogP contribution in [0.25, 0.3) is 0 Å². The molecule has 6 nitrogen and oxygen atoms in total. The number of rotatable bonds is 3. The van der Waals surface area contributed by atoms with Crippen molar-refractivity contribution in [2.24, 2.45) is 5.92 Å². The third-order valence-corrected chi connectivity index (χ3v) is 7.80. The van der Waals surface area contributed by atoms with E-state index in [0.29, 0.717) is 29.1 Å². The van der Waals surface area contributed by atoms with Gasteiger partial charge in [0.2, 0.25) is 5.91 Å². The van der Waals surface area contributed by atoms with E-state index in [1.165, 1.54) is 5.56 Å². The number of carbonyl (C=O) groups excluding carboxylic acids is 1. The first-order valence-electron chi connectivity index (χ1n) is 11.1. The van der Waals surface area contributed by atoms with Crippen LogP contribution in [0.2, 0.25) is 10.0 Å². The molecule has 0 bridgehead atoms. The van der Waals surface area contributed by atoms with Gasteiger partial charge in [0.1, 0.15) is 12.1 Å². The maximum atomic E-state index is 13.4. The molecule has 0 saturated carbocycles. The standard InChI is InChI=1S/C23H27Cl2N5O.2ClH/c1-14-5-6-18-20(14)22(28-13-27-18)29-9-10-30(23(31)15-7-8-26-11-15)19(12-29)16-3-2-4-17(24)21(16)25;;/h2-4,13-15,19,26H,5-12H2,1H3;2*1H/t14-,15?,19?;;/m1../s1. The predicted octanol–water partition coefficient (Wildman–Crippen LogP) is 4.68. The number of anilines is 1. The lowest BCUT2D eigenvalue weighted by molar-refractivity contribution is -0.138. The Hall–Kier alpha value is -1.31. The van der Waals surface area contributed by atoms with Gasteiger partial charge in [0.05, 0.1) is 22.0 Å². The van der Waals surface area contributed by atoms with Crippen LogP contribution in [-0.4, -0.2) is 53.5 Å². The third kappa shape index (κ3) is 4.92. The second-order valence-electron chi connectivity index (χ2n) is 8.82. The molecule has 0 radical (unpaired) electrons. The molecule has 1 aromatic carbocycles. The molecule has 1 aromatic heterocycles. The number of carbonyl (C=O) groups is 1. The Bertz CT molecular complexity index is 1000. The topological polar surface area (TPSA) is 61.4 Å². The van der Waals surface area contributed by atoms with E-state index in [9.17, 15) is 4.79 Å². The van der Waals surface area contributed by atoms with E-state index in [4.69, 9.17) is 23.2 Å². The number of aromatic nitrogens is 2. The zero-order chi connectivity index (χ0) is 21.5. The Balaban J connectivity index is 0.00000153. The maximum Gasteiger partial charge on any atom is 0.227 e. The van der Waals surface area contributed by atoms with E-state index in [2.05, 4.69) is 27.1 Å². The molecule has 33 heavy (non-hydrogen) atoms. The summed E-state index contributed by atoms with van der Waals surface area (Å²) in [6.07, 6.45) is 4.67. The fraction of sp³-hybridized carbons (Fsp3) is 0.522. The molecule has 10 heteroatoms. The molecule has 2 unspecified atom stereocenters. The molecule has 180 valence electrons. The van der Waals surface area contributed by atoms with Crippen LogP contribution in [0.4, 0.5) is 5.82 Å². The van der Waals surface area contributed by atoms with Crippen molar-refractivity contribution < 1.29 is 4.79 Å². The zero-order valence-electron chi connectivity index (χ0n) is 18.5. The Morgan fingerprint density at radius 1 is 1.15 bits per heavy atom. The van der Waals surface area contributed by atoms with E-state index >= 15 is 0 Å². The van der Waals surface area contributed by atoms with Gasteiger partial charge in [-0.1, -0.05) is 42.3 Å². The van der Waals surface area contributed by atoms with Gasteiger partial charge in [0.15, 0.2) is 0 Å². The monoisotopic (exact) mass is 531 g/mol. The number of halogens is 4. The number of aryl methyl sites for hydroxylation is 1. The van der Waals surface area contributed by atoms with Crippen molar-refractivity contribution in [2.75, 3.05) is 37.6 Å². The first-order chi connectivity index (χ1) is 15.0. The van der Waals surface area contributed by atoms with Gasteiger partial charge >= 0.3 is 0 Å². The number of amides is 1. The van der Waals surface area contributed by atoms with Crippen LogP contribution < -0.4 is 10.2 Å². The molecular formula is C23H29Cl4N5O. The number of nitrogens with one attached hydrogen (secondary N) is 1. The average Bonchev–Trinajstić information content (AvgIpc) is 3.45. The molecule has 1 amide bonds. The highest BCUT2D eigenvalue weighted by atomic mass is 35.5. The summed E-state index contributed by atoms with van der Waals surface area (Å²) in [6, 6.07) is 5.52. The molecule has 0 spiro atoms. The summed E-state index contributed by atoms with van der Waals surface area (Å²) < 4.78 is 0. The quantitative estimate of drug-likeness (QED) is 0.622. The zero-order valence-corrected chi connectivity index (χ0v) is 21.6. The largest absolute Gasteiger partial charge is 0.352 e. The van der Waals surface area contributed by atoms with E-state index in [1.807, 2.05) is 17.0 Å². The van der Waals surface area contributed by atoms with Crippen LogP contribution in [-0.2, 0) is 11.2 Å². The summed E-state index contributed by atoms with van der Waals surface area (Å²) in [5.41, 5.74) is 3.32. The molecule has 2 fully saturated rings. The molecule has 1 N–H and O–H groups in total. The number of nitrogens with zero attached hydrogens (tertiary/aromatic N) is 4. The highest BCUT2D eigenvalue weighted by molar-refractivity contribution is 6.42. The molecule has 3 heterocycles. The normalized spacial score (nSPS) is 24.2. The van der Waals surface area contributed by atoms with Crippen molar-refractivity contribution in [1.29, 1.82) is 0 Å². The number of hydrogen-bond acceptors (Lipinski definition) is 5. The highest BCUT2D eigenvalue weighted by Crippen LogP contribution is 2.40. The Kier molecular flexibility index (Phi) is 8.73. The van der Waals surface area contributed by atoms with Gasteiger partial charge in [-0.05, 0) is 43.4 Å². The maximum absolute atomic E-state index is 13.4. The van der Waals surface area contributed by atoms with Crippen LogP contribution in [0.1, 0.15) is 48.5 Å². The summed E-state index contributed by atoms with van der Waals surface area (Å²) in [4.78, 5) is 26.9. The summed E-state index contributed by atoms with van der Waals surface area (Å²) in [6.45, 7) is 5.90. The Labute approximate surface area is 217 Å². The SMILES string of the molecule is C[C@@H]1CCc2ncnc(N3CCN(C(=O)C4CCNC4)C(c4cccc(Cl)c4Cl)C3)c21.Cl.Cl. The predicted molar refractivity (Wildman–Crippen MR) is 137 cm³/mol. The number of hydrogen-bond donors (Lipinski definition) is 1. The third-order valence-electron chi connectivity index (χ3n) is 6.97. The Morgan fingerprint density at radius 3 is 2.73 bits per heavy atom. The summed E-state index contributed by atoms with van der Waals surface area (Å²) in [5.74, 6) is 1.68. The lowest BCUT2D eigenvalue weighted by Crippen LogP contribution is -2.53. The van der Waals surface area contributed by atoms with Gasteiger partial charge in [-0.25, -0.2) is 9.97 Å². The Morgan fingerprint density at radius 2 is 1.97 bits per heavy atom. The average molecular weight is 533 g/mol. The molecule has 3 atom stereocenters. The van der Waals surface area contributed by atoms with Crippen LogP contribution in [0, 0.1) is 5.92 Å². The first kappa shape index (κ1) is 26.3. The molecule has 2 saturated heterocycles. The van der Waals surface area contributed by atoms with Crippen LogP contribution >= 0.6 is 48.0 Å². The number of fused-ring (bicyclic) bond motifs is 1. The summed E-state index contributed by atoms with van der Waals surface area (Å²) >= 11 is 13.0. The minimum atomic E-state index is -0.171. The molecule has 2 aromatic rings. The molecule has 1 aliphatic carbocycles. The first-order valence-corrected chi connectivity index (χ1v) is 11.8. The van der Waals surface area contributed by atoms with Gasteiger partial charge in [0.25, 0.3) is 0 Å². The van der Waals surface area contributed by atoms with Gasteiger partial charge < -0.3 is 15.1 Å². The second-order valence-corrected chi connectivity index (χ2v) is 9.61. The van der Waals surface area contributed by atoms with Crippen molar-refractivity contribution >= 4 is 59.7 Å². The van der Waals surface area contributed by atoms with Gasteiger partial charge in [-0.2, -0.15) is 0 Å². The van der Waals surface area contributed by atoms with Gasteiger partial charge in [-0.15, -0.1) is 24.8 Å². The minimum absolute atomic E-state index is 0. The van der Waals surface area contributed by atoms with E-state index in [0.717, 1.165) is 56.0 Å². The highest BCUT2D eigenvalue weighted by Gasteiger charge is 2.38. The lowest BCUT2D eigenvalue weighted by atomic mass is 9.98. The van der Waals surface area contributed by atoms with Crippen molar-refractivity contribution in [3.8, 4) is 0 Å². The van der Waals surface area contributed by atoms with Crippen molar-refractivity contribution in [2.45, 2.75) is 38.1 Å². The minimum Gasteiger partial charge on any atom is -0.352 e. The number of benzene rings is 1. The second kappa shape index (κ2) is 11.0. The van der Waals surface area contributed by atoms with Crippen LogP contribution in [0.3, 0.4) is 0 Å². The van der Waals surface area contributed by atoms with Crippen LogP contribution in [0.15, 0.2) is 24.5 Å². The summed E-state index contributed by atoms with van der Waals surface area (Å²) in [5, 5.41) is 4.36. The van der Waals surface area contributed by atoms with Crippen LogP contribution in [0.5, 0.6) is 0 Å². The van der Waals surface area contributed by atoms with Crippen molar-refractivity contribution in [3.63, 3.8) is 0 Å². The van der Waals surface area contributed by atoms with E-state index in [1.54, 1.807) is 12.4 Å². The molecular weight excluding hydrogens is 504 g/mol. The van der Waals surface area contributed by atoms with Gasteiger partial charge in [0, 0.05) is 37.4 Å². The van der Waals surface area contributed by atoms with E-state index in [-0.39, 0.29) is 42.7 Å². The van der Waals surface area contributed by atoms with Crippen molar-refractivity contribution in [1.82, 2.24) is 20.2 Å². The molecule has 3 aliphatic rings. The summed E-state index contributed by atoms with van der Waals surface area (Å²) in [7, 11) is 0. The van der Waals surface area contributed by atoms with Gasteiger partial charge in [-0.3, -0.25) is 4.79 Å². The molecule has 2 aliphatic heterocycles. The smallest absolute Gasteiger partial charge is 0.227 e.